The predicted molar refractivity (Wildman–Crippen MR) is 51.1 cm³/mol. The second-order valence-corrected chi connectivity index (χ2v) is 2.92. The highest BCUT2D eigenvalue weighted by Gasteiger charge is 2.15. The first-order valence-corrected chi connectivity index (χ1v) is 4.27. The van der Waals surface area contributed by atoms with Gasteiger partial charge in [0, 0.05) is 6.92 Å². The fraction of sp³-hybridized carbons (Fsp3) is 0.200. The third-order valence-electron chi connectivity index (χ3n) is 1.41. The molecule has 0 spiro atoms. The molecule has 0 saturated carbocycles. The van der Waals surface area contributed by atoms with E-state index < -0.39 is 6.18 Å². The Balaban J connectivity index is 0.000000221. The Morgan fingerprint density at radius 1 is 1.31 bits per heavy atom. The number of halogens is 3. The van der Waals surface area contributed by atoms with Gasteiger partial charge in [-0.2, -0.15) is 13.2 Å². The lowest BCUT2D eigenvalue weighted by Gasteiger charge is -1.88. The zero-order valence-electron chi connectivity index (χ0n) is 8.28. The van der Waals surface area contributed by atoms with E-state index in [1.54, 1.807) is 12.1 Å². The summed E-state index contributed by atoms with van der Waals surface area (Å²) in [5, 5.41) is 0. The first-order chi connectivity index (χ1) is 7.40. The number of fused-ring (bicyclic) bond motifs is 1. The minimum atomic E-state index is -4.00. The van der Waals surface area contributed by atoms with Crippen molar-refractivity contribution in [3.8, 4) is 0 Å². The van der Waals surface area contributed by atoms with Crippen LogP contribution in [0.15, 0.2) is 28.7 Å². The van der Waals surface area contributed by atoms with Gasteiger partial charge in [-0.3, -0.25) is 4.79 Å². The third-order valence-corrected chi connectivity index (χ3v) is 1.41. The normalized spacial score (nSPS) is 10.8. The number of rotatable bonds is 1. The van der Waals surface area contributed by atoms with Crippen LogP contribution >= 0.6 is 0 Å². The van der Waals surface area contributed by atoms with Crippen LogP contribution in [-0.2, 0) is 0 Å². The van der Waals surface area contributed by atoms with E-state index in [2.05, 4.69) is 4.98 Å². The summed E-state index contributed by atoms with van der Waals surface area (Å²) in [5.74, 6) is 0.131. The van der Waals surface area contributed by atoms with Crippen LogP contribution in [0.25, 0.3) is 11.1 Å². The second kappa shape index (κ2) is 4.78. The summed E-state index contributed by atoms with van der Waals surface area (Å²) in [6, 6.07) is 7.25. The molecule has 0 aliphatic heterocycles. The van der Waals surface area contributed by atoms with E-state index in [1.165, 1.54) is 0 Å². The minimum Gasteiger partial charge on any atom is -0.434 e. The molecule has 1 heterocycles. The quantitative estimate of drug-likeness (QED) is 0.708. The number of carbonyl (C=O) groups excluding carboxylic acids is 1. The number of aromatic nitrogens is 1. The molecule has 6 heteroatoms. The molecule has 0 saturated heterocycles. The lowest BCUT2D eigenvalue weighted by Crippen LogP contribution is -1.95. The van der Waals surface area contributed by atoms with Crippen molar-refractivity contribution < 1.29 is 22.4 Å². The summed E-state index contributed by atoms with van der Waals surface area (Å²) < 4.78 is 36.1. The average Bonchev–Trinajstić information content (AvgIpc) is 2.57. The van der Waals surface area contributed by atoms with Gasteiger partial charge in [-0.05, 0) is 12.1 Å². The van der Waals surface area contributed by atoms with E-state index >= 15 is 0 Å². The van der Waals surface area contributed by atoms with Gasteiger partial charge in [-0.15, -0.1) is 0 Å². The molecule has 0 atom stereocenters. The van der Waals surface area contributed by atoms with Crippen LogP contribution in [0.1, 0.15) is 17.6 Å². The van der Waals surface area contributed by atoms with E-state index in [-0.39, 0.29) is 12.8 Å². The zero-order valence-corrected chi connectivity index (χ0v) is 8.28. The van der Waals surface area contributed by atoms with E-state index in [0.717, 1.165) is 5.52 Å². The number of hydrogen-bond donors (Lipinski definition) is 0. The maximum Gasteiger partial charge on any atom is 0.386 e. The summed E-state index contributed by atoms with van der Waals surface area (Å²) in [7, 11) is 0. The third kappa shape index (κ3) is 4.12. The maximum atomic E-state index is 10.4. The van der Waals surface area contributed by atoms with Gasteiger partial charge in [0.05, 0.1) is 0 Å². The van der Waals surface area contributed by atoms with Crippen LogP contribution in [0.2, 0.25) is 0 Å². The lowest BCUT2D eigenvalue weighted by atomic mass is 10.3. The first-order valence-electron chi connectivity index (χ1n) is 4.27. The Hall–Kier alpha value is -1.85. The number of oxazole rings is 1. The highest BCUT2D eigenvalue weighted by atomic mass is 19.4. The molecule has 2 rings (SSSR count). The minimum absolute atomic E-state index is 0.131. The van der Waals surface area contributed by atoms with Gasteiger partial charge in [-0.25, -0.2) is 4.98 Å². The van der Waals surface area contributed by atoms with E-state index in [9.17, 15) is 18.0 Å². The Morgan fingerprint density at radius 3 is 2.38 bits per heavy atom. The maximum absolute atomic E-state index is 10.4. The molecule has 0 bridgehead atoms. The Morgan fingerprint density at radius 2 is 1.88 bits per heavy atom. The Labute approximate surface area is 88.9 Å². The van der Waals surface area contributed by atoms with Gasteiger partial charge in [0.25, 0.3) is 5.89 Å². The SMILES string of the molecule is CC(F)(F)F.O=Cc1nc2ccccc2o1. The van der Waals surface area contributed by atoms with E-state index in [1.807, 2.05) is 12.1 Å². The molecule has 16 heavy (non-hydrogen) atoms. The van der Waals surface area contributed by atoms with Crippen molar-refractivity contribution in [2.45, 2.75) is 13.1 Å². The van der Waals surface area contributed by atoms with Crippen molar-refractivity contribution in [3.05, 3.63) is 30.2 Å². The number of para-hydroxylation sites is 2. The molecule has 0 amide bonds. The molecule has 1 aromatic carbocycles. The molecule has 0 N–H and O–H groups in total. The highest BCUT2D eigenvalue weighted by Crippen LogP contribution is 2.12. The Kier molecular flexibility index (Phi) is 3.65. The summed E-state index contributed by atoms with van der Waals surface area (Å²) in [6.45, 7) is 0.188. The van der Waals surface area contributed by atoms with Gasteiger partial charge >= 0.3 is 6.18 Å². The average molecular weight is 231 g/mol. The van der Waals surface area contributed by atoms with Crippen molar-refractivity contribution in [3.63, 3.8) is 0 Å². The van der Waals surface area contributed by atoms with Gasteiger partial charge in [0.2, 0.25) is 6.29 Å². The monoisotopic (exact) mass is 231 g/mol. The van der Waals surface area contributed by atoms with Crippen LogP contribution in [0.5, 0.6) is 0 Å². The molecule has 3 nitrogen and oxygen atoms in total. The van der Waals surface area contributed by atoms with Crippen molar-refractivity contribution in [1.82, 2.24) is 4.98 Å². The van der Waals surface area contributed by atoms with Gasteiger partial charge in [-0.1, -0.05) is 12.1 Å². The number of benzene rings is 1. The molecule has 1 aromatic heterocycles. The summed E-state index contributed by atoms with van der Waals surface area (Å²) >= 11 is 0. The molecule has 0 aliphatic rings. The summed E-state index contributed by atoms with van der Waals surface area (Å²) in [6.07, 6.45) is -3.40. The Bertz CT molecular complexity index is 437. The second-order valence-electron chi connectivity index (χ2n) is 2.92. The standard InChI is InChI=1S/C8H5NO2.C2H3F3/c10-5-8-9-6-3-1-2-4-7(6)11-8;1-2(3,4)5/h1-5H;1H3. The van der Waals surface area contributed by atoms with Crippen LogP contribution in [0.4, 0.5) is 13.2 Å². The van der Waals surface area contributed by atoms with Crippen LogP contribution in [0.3, 0.4) is 0 Å². The number of nitrogens with zero attached hydrogens (tertiary/aromatic N) is 1. The molecular formula is C10H8F3NO2. The van der Waals surface area contributed by atoms with E-state index in [4.69, 9.17) is 4.42 Å². The zero-order chi connectivity index (χ0) is 12.2. The lowest BCUT2D eigenvalue weighted by molar-refractivity contribution is -0.110. The van der Waals surface area contributed by atoms with Crippen LogP contribution in [-0.4, -0.2) is 17.4 Å². The fourth-order valence-electron chi connectivity index (χ4n) is 0.940. The molecule has 0 aliphatic carbocycles. The van der Waals surface area contributed by atoms with Gasteiger partial charge in [0.1, 0.15) is 5.52 Å². The number of hydrogen-bond acceptors (Lipinski definition) is 3. The van der Waals surface area contributed by atoms with Crippen molar-refractivity contribution in [1.29, 1.82) is 0 Å². The predicted octanol–water partition coefficient (Wildman–Crippen LogP) is 3.21. The van der Waals surface area contributed by atoms with Gasteiger partial charge in [0.15, 0.2) is 5.58 Å². The van der Waals surface area contributed by atoms with Gasteiger partial charge < -0.3 is 4.42 Å². The van der Waals surface area contributed by atoms with Crippen molar-refractivity contribution >= 4 is 17.4 Å². The number of alkyl halides is 3. The largest absolute Gasteiger partial charge is 0.434 e. The number of carbonyl (C=O) groups is 1. The molecule has 0 fully saturated rings. The molecule has 0 radical (unpaired) electrons. The summed E-state index contributed by atoms with van der Waals surface area (Å²) in [5.41, 5.74) is 1.37. The molecule has 2 aromatic rings. The first kappa shape index (κ1) is 12.2. The highest BCUT2D eigenvalue weighted by molar-refractivity contribution is 5.78. The number of aldehydes is 1. The summed E-state index contributed by atoms with van der Waals surface area (Å²) in [4.78, 5) is 14.1. The topological polar surface area (TPSA) is 43.1 Å². The molecular weight excluding hydrogens is 223 g/mol. The van der Waals surface area contributed by atoms with E-state index in [0.29, 0.717) is 11.9 Å². The van der Waals surface area contributed by atoms with Crippen LogP contribution < -0.4 is 0 Å². The van der Waals surface area contributed by atoms with Crippen molar-refractivity contribution in [2.75, 3.05) is 0 Å². The molecule has 86 valence electrons. The smallest absolute Gasteiger partial charge is 0.386 e. The van der Waals surface area contributed by atoms with Crippen molar-refractivity contribution in [2.24, 2.45) is 0 Å². The fourth-order valence-corrected chi connectivity index (χ4v) is 0.940. The van der Waals surface area contributed by atoms with Crippen LogP contribution in [0, 0.1) is 0 Å². The molecule has 0 unspecified atom stereocenters.